The van der Waals surface area contributed by atoms with Crippen molar-refractivity contribution in [2.75, 3.05) is 25.4 Å². The van der Waals surface area contributed by atoms with Crippen LogP contribution in [0.4, 0.5) is 0 Å². The number of guanidine groups is 1. The van der Waals surface area contributed by atoms with Gasteiger partial charge in [0.05, 0.1) is 0 Å². The summed E-state index contributed by atoms with van der Waals surface area (Å²) >= 11 is 2.07. The van der Waals surface area contributed by atoms with Gasteiger partial charge in [-0.15, -0.1) is 0 Å². The molecule has 0 aliphatic heterocycles. The number of aliphatic hydroxyl groups is 1. The first-order chi connectivity index (χ1) is 9.19. The number of nitrogens with zero attached hydrogens (tertiary/aromatic N) is 1. The van der Waals surface area contributed by atoms with Crippen LogP contribution in [0.25, 0.3) is 0 Å². The number of hydrogen-bond acceptors (Lipinski definition) is 3. The standard InChI is InChI=1S/C14H29N3OS/c1-4-15-14(16-9-11(3)10-18)17-12-6-7-13(8-12)19-5-2/h11-13,18H,4-10H2,1-3H3,(H2,15,16,17). The SMILES string of the molecule is CCNC(=NCC(C)CO)NC1CCC(SCC)C1. The van der Waals surface area contributed by atoms with Crippen molar-refractivity contribution in [2.24, 2.45) is 10.9 Å². The number of aliphatic hydroxyl groups excluding tert-OH is 1. The van der Waals surface area contributed by atoms with Crippen molar-refractivity contribution in [3.05, 3.63) is 0 Å². The molecule has 112 valence electrons. The Kier molecular flexibility index (Phi) is 8.30. The lowest BCUT2D eigenvalue weighted by atomic mass is 10.2. The molecule has 19 heavy (non-hydrogen) atoms. The minimum absolute atomic E-state index is 0.196. The van der Waals surface area contributed by atoms with Crippen LogP contribution in [-0.2, 0) is 0 Å². The Balaban J connectivity index is 2.41. The summed E-state index contributed by atoms with van der Waals surface area (Å²) in [6.07, 6.45) is 3.78. The van der Waals surface area contributed by atoms with Gasteiger partial charge in [0.1, 0.15) is 0 Å². The zero-order valence-electron chi connectivity index (χ0n) is 12.5. The van der Waals surface area contributed by atoms with Gasteiger partial charge in [0.15, 0.2) is 5.96 Å². The van der Waals surface area contributed by atoms with Crippen LogP contribution in [0.1, 0.15) is 40.0 Å². The first-order valence-electron chi connectivity index (χ1n) is 7.46. The fourth-order valence-corrected chi connectivity index (χ4v) is 3.42. The van der Waals surface area contributed by atoms with Crippen molar-refractivity contribution >= 4 is 17.7 Å². The van der Waals surface area contributed by atoms with E-state index in [1.165, 1.54) is 25.0 Å². The average molecular weight is 287 g/mol. The summed E-state index contributed by atoms with van der Waals surface area (Å²) in [5.41, 5.74) is 0. The van der Waals surface area contributed by atoms with Gasteiger partial charge in [0.2, 0.25) is 0 Å². The predicted molar refractivity (Wildman–Crippen MR) is 84.9 cm³/mol. The average Bonchev–Trinajstić information content (AvgIpc) is 2.83. The van der Waals surface area contributed by atoms with Crippen molar-refractivity contribution in [3.63, 3.8) is 0 Å². The third-order valence-corrected chi connectivity index (χ3v) is 4.58. The van der Waals surface area contributed by atoms with Crippen LogP contribution < -0.4 is 10.6 Å². The summed E-state index contributed by atoms with van der Waals surface area (Å²) in [6, 6.07) is 0.547. The molecule has 1 aliphatic carbocycles. The maximum atomic E-state index is 9.04. The Morgan fingerprint density at radius 3 is 2.84 bits per heavy atom. The first kappa shape index (κ1) is 16.6. The number of rotatable bonds is 7. The summed E-state index contributed by atoms with van der Waals surface area (Å²) in [6.45, 7) is 8.06. The van der Waals surface area contributed by atoms with Gasteiger partial charge in [-0.3, -0.25) is 4.99 Å². The van der Waals surface area contributed by atoms with Gasteiger partial charge in [0, 0.05) is 31.0 Å². The summed E-state index contributed by atoms with van der Waals surface area (Å²) < 4.78 is 0. The maximum Gasteiger partial charge on any atom is 0.191 e. The van der Waals surface area contributed by atoms with Crippen molar-refractivity contribution in [2.45, 2.75) is 51.3 Å². The summed E-state index contributed by atoms with van der Waals surface area (Å²) in [4.78, 5) is 4.55. The second-order valence-corrected chi connectivity index (χ2v) is 6.82. The van der Waals surface area contributed by atoms with Gasteiger partial charge in [-0.1, -0.05) is 13.8 Å². The molecule has 0 bridgehead atoms. The molecule has 0 radical (unpaired) electrons. The van der Waals surface area contributed by atoms with E-state index in [4.69, 9.17) is 5.11 Å². The van der Waals surface area contributed by atoms with Gasteiger partial charge < -0.3 is 15.7 Å². The van der Waals surface area contributed by atoms with E-state index in [1.54, 1.807) is 0 Å². The molecule has 0 aromatic heterocycles. The van der Waals surface area contributed by atoms with E-state index in [0.29, 0.717) is 12.6 Å². The molecule has 0 amide bonds. The molecule has 3 unspecified atom stereocenters. The second kappa shape index (κ2) is 9.48. The minimum atomic E-state index is 0.196. The van der Waals surface area contributed by atoms with Gasteiger partial charge in [-0.25, -0.2) is 0 Å². The summed E-state index contributed by atoms with van der Waals surface area (Å²) in [7, 11) is 0. The molecule has 5 heteroatoms. The molecule has 3 N–H and O–H groups in total. The molecule has 0 saturated heterocycles. The second-order valence-electron chi connectivity index (χ2n) is 5.24. The molecule has 1 aliphatic rings. The monoisotopic (exact) mass is 287 g/mol. The van der Waals surface area contributed by atoms with Crippen molar-refractivity contribution in [1.82, 2.24) is 10.6 Å². The van der Waals surface area contributed by atoms with Gasteiger partial charge in [-0.2, -0.15) is 11.8 Å². The maximum absolute atomic E-state index is 9.04. The van der Waals surface area contributed by atoms with E-state index in [0.717, 1.165) is 17.8 Å². The van der Waals surface area contributed by atoms with Gasteiger partial charge in [0.25, 0.3) is 0 Å². The third kappa shape index (κ3) is 6.52. The predicted octanol–water partition coefficient (Wildman–Crippen LogP) is 1.84. The molecule has 0 heterocycles. The van der Waals surface area contributed by atoms with Crippen molar-refractivity contribution in [3.8, 4) is 0 Å². The molecule has 0 aromatic rings. The van der Waals surface area contributed by atoms with Crippen LogP contribution in [0.5, 0.6) is 0 Å². The van der Waals surface area contributed by atoms with E-state index in [1.807, 2.05) is 6.92 Å². The minimum Gasteiger partial charge on any atom is -0.396 e. The van der Waals surface area contributed by atoms with Crippen LogP contribution in [0.2, 0.25) is 0 Å². The fourth-order valence-electron chi connectivity index (χ4n) is 2.28. The van der Waals surface area contributed by atoms with Crippen LogP contribution in [0.15, 0.2) is 4.99 Å². The van der Waals surface area contributed by atoms with E-state index in [-0.39, 0.29) is 12.5 Å². The molecule has 4 nitrogen and oxygen atoms in total. The Morgan fingerprint density at radius 1 is 1.42 bits per heavy atom. The lowest BCUT2D eigenvalue weighted by Gasteiger charge is -2.18. The van der Waals surface area contributed by atoms with Crippen molar-refractivity contribution in [1.29, 1.82) is 0 Å². The highest BCUT2D eigenvalue weighted by molar-refractivity contribution is 7.99. The molecule has 0 aromatic carbocycles. The van der Waals surface area contributed by atoms with Crippen LogP contribution in [-0.4, -0.2) is 47.8 Å². The Bertz CT molecular complexity index is 273. The highest BCUT2D eigenvalue weighted by Gasteiger charge is 2.25. The number of hydrogen-bond donors (Lipinski definition) is 3. The van der Waals surface area contributed by atoms with Gasteiger partial charge >= 0.3 is 0 Å². The third-order valence-electron chi connectivity index (χ3n) is 3.34. The molecular weight excluding hydrogens is 258 g/mol. The highest BCUT2D eigenvalue weighted by Crippen LogP contribution is 2.29. The van der Waals surface area contributed by atoms with E-state index < -0.39 is 0 Å². The first-order valence-corrected chi connectivity index (χ1v) is 8.51. The van der Waals surface area contributed by atoms with Crippen molar-refractivity contribution < 1.29 is 5.11 Å². The number of thioether (sulfide) groups is 1. The summed E-state index contributed by atoms with van der Waals surface area (Å²) in [5.74, 6) is 2.33. The molecule has 1 saturated carbocycles. The fraction of sp³-hybridized carbons (Fsp3) is 0.929. The zero-order valence-corrected chi connectivity index (χ0v) is 13.3. The highest BCUT2D eigenvalue weighted by atomic mass is 32.2. The zero-order chi connectivity index (χ0) is 14.1. The van der Waals surface area contributed by atoms with Gasteiger partial charge in [-0.05, 0) is 37.9 Å². The van der Waals surface area contributed by atoms with E-state index in [9.17, 15) is 0 Å². The topological polar surface area (TPSA) is 56.7 Å². The Morgan fingerprint density at radius 2 is 2.21 bits per heavy atom. The van der Waals surface area contributed by atoms with E-state index in [2.05, 4.69) is 41.2 Å². The lowest BCUT2D eigenvalue weighted by Crippen LogP contribution is -2.42. The summed E-state index contributed by atoms with van der Waals surface area (Å²) in [5, 5.41) is 16.7. The van der Waals surface area contributed by atoms with Crippen LogP contribution >= 0.6 is 11.8 Å². The lowest BCUT2D eigenvalue weighted by molar-refractivity contribution is 0.241. The van der Waals surface area contributed by atoms with Crippen LogP contribution in [0.3, 0.4) is 0 Å². The smallest absolute Gasteiger partial charge is 0.191 e. The number of nitrogens with one attached hydrogen (secondary N) is 2. The Hall–Kier alpha value is -0.420. The quantitative estimate of drug-likeness (QED) is 0.494. The molecule has 1 fully saturated rings. The molecule has 0 spiro atoms. The largest absolute Gasteiger partial charge is 0.396 e. The number of aliphatic imine (C=N–C) groups is 1. The molecule has 1 rings (SSSR count). The molecular formula is C14H29N3OS. The normalized spacial score (nSPS) is 25.4. The Labute approximate surface area is 121 Å². The molecule has 3 atom stereocenters. The van der Waals surface area contributed by atoms with Crippen LogP contribution in [0, 0.1) is 5.92 Å². The van der Waals surface area contributed by atoms with E-state index >= 15 is 0 Å².